The van der Waals surface area contributed by atoms with Crippen molar-refractivity contribution in [2.24, 2.45) is 0 Å². The highest BCUT2D eigenvalue weighted by Gasteiger charge is 2.03. The van der Waals surface area contributed by atoms with Crippen molar-refractivity contribution in [1.29, 1.82) is 0 Å². The number of rotatable bonds is 4. The van der Waals surface area contributed by atoms with Gasteiger partial charge < -0.3 is 10.1 Å². The molecule has 2 rings (SSSR count). The highest BCUT2D eigenvalue weighted by molar-refractivity contribution is 5.38. The second-order valence-corrected chi connectivity index (χ2v) is 4.19. The number of benzene rings is 2. The summed E-state index contributed by atoms with van der Waals surface area (Å²) in [6.45, 7) is 2.71. The normalized spacial score (nSPS) is 10.4. The van der Waals surface area contributed by atoms with Crippen molar-refractivity contribution in [3.63, 3.8) is 0 Å². The lowest BCUT2D eigenvalue weighted by molar-refractivity contribution is 0.472. The molecule has 0 aliphatic heterocycles. The molecule has 18 heavy (non-hydrogen) atoms. The fraction of sp³-hybridized carbons (Fsp3) is 0.200. The zero-order valence-electron chi connectivity index (χ0n) is 10.5. The molecule has 0 radical (unpaired) electrons. The molecule has 1 N–H and O–H groups in total. The lowest BCUT2D eigenvalue weighted by Gasteiger charge is -2.09. The van der Waals surface area contributed by atoms with Crippen LogP contribution < -0.4 is 10.1 Å². The minimum absolute atomic E-state index is 0.289. The standard InChI is InChI=1S/C15H16FNO/c1-11-3-6-13(16)9-15(11)18-14-7-4-12(5-8-14)10-17-2/h3-9,17H,10H2,1-2H3. The van der Waals surface area contributed by atoms with Crippen molar-refractivity contribution in [3.05, 3.63) is 59.4 Å². The van der Waals surface area contributed by atoms with Crippen LogP contribution >= 0.6 is 0 Å². The number of hydrogen-bond acceptors (Lipinski definition) is 2. The van der Waals surface area contributed by atoms with Gasteiger partial charge in [-0.05, 0) is 43.3 Å². The Morgan fingerprint density at radius 3 is 2.50 bits per heavy atom. The Bertz CT molecular complexity index is 523. The van der Waals surface area contributed by atoms with Gasteiger partial charge in [0.25, 0.3) is 0 Å². The van der Waals surface area contributed by atoms with Crippen molar-refractivity contribution in [1.82, 2.24) is 5.32 Å². The van der Waals surface area contributed by atoms with E-state index in [4.69, 9.17) is 4.74 Å². The molecule has 2 nitrogen and oxygen atoms in total. The predicted molar refractivity (Wildman–Crippen MR) is 70.4 cm³/mol. The summed E-state index contributed by atoms with van der Waals surface area (Å²) < 4.78 is 18.8. The molecular formula is C15H16FNO. The van der Waals surface area contributed by atoms with Crippen LogP contribution in [0.1, 0.15) is 11.1 Å². The second-order valence-electron chi connectivity index (χ2n) is 4.19. The van der Waals surface area contributed by atoms with E-state index < -0.39 is 0 Å². The van der Waals surface area contributed by atoms with Gasteiger partial charge in [-0.25, -0.2) is 4.39 Å². The van der Waals surface area contributed by atoms with E-state index in [0.29, 0.717) is 11.5 Å². The quantitative estimate of drug-likeness (QED) is 0.887. The predicted octanol–water partition coefficient (Wildman–Crippen LogP) is 3.65. The van der Waals surface area contributed by atoms with Crippen molar-refractivity contribution in [2.45, 2.75) is 13.5 Å². The fourth-order valence-corrected chi connectivity index (χ4v) is 1.69. The van der Waals surface area contributed by atoms with Gasteiger partial charge >= 0.3 is 0 Å². The number of ether oxygens (including phenoxy) is 1. The van der Waals surface area contributed by atoms with Crippen molar-refractivity contribution < 1.29 is 9.13 Å². The highest BCUT2D eigenvalue weighted by Crippen LogP contribution is 2.25. The molecule has 0 spiro atoms. The minimum atomic E-state index is -0.289. The number of aryl methyl sites for hydroxylation is 1. The lowest BCUT2D eigenvalue weighted by atomic mass is 10.2. The summed E-state index contributed by atoms with van der Waals surface area (Å²) in [5.41, 5.74) is 2.09. The number of hydrogen-bond donors (Lipinski definition) is 1. The van der Waals surface area contributed by atoms with Gasteiger partial charge in [-0.3, -0.25) is 0 Å². The first-order valence-electron chi connectivity index (χ1n) is 5.86. The topological polar surface area (TPSA) is 21.3 Å². The third kappa shape index (κ3) is 3.08. The van der Waals surface area contributed by atoms with Crippen LogP contribution in [0.15, 0.2) is 42.5 Å². The summed E-state index contributed by atoms with van der Waals surface area (Å²) in [7, 11) is 1.90. The summed E-state index contributed by atoms with van der Waals surface area (Å²) in [5.74, 6) is 0.974. The minimum Gasteiger partial charge on any atom is -0.457 e. The van der Waals surface area contributed by atoms with Crippen LogP contribution in [0.25, 0.3) is 0 Å². The molecule has 0 aliphatic rings. The van der Waals surface area contributed by atoms with E-state index in [1.807, 2.05) is 38.2 Å². The molecule has 0 bridgehead atoms. The van der Waals surface area contributed by atoms with Crippen LogP contribution in [0.2, 0.25) is 0 Å². The third-order valence-corrected chi connectivity index (χ3v) is 2.68. The monoisotopic (exact) mass is 245 g/mol. The van der Waals surface area contributed by atoms with Crippen molar-refractivity contribution in [2.75, 3.05) is 7.05 Å². The van der Waals surface area contributed by atoms with Crippen LogP contribution in [0.4, 0.5) is 4.39 Å². The third-order valence-electron chi connectivity index (χ3n) is 2.68. The summed E-state index contributed by atoms with van der Waals surface area (Å²) in [6.07, 6.45) is 0. The first-order valence-corrected chi connectivity index (χ1v) is 5.86. The maximum Gasteiger partial charge on any atom is 0.133 e. The first-order chi connectivity index (χ1) is 8.69. The van der Waals surface area contributed by atoms with Gasteiger partial charge in [-0.15, -0.1) is 0 Å². The molecule has 0 aliphatic carbocycles. The molecule has 0 atom stereocenters. The molecule has 0 fully saturated rings. The molecule has 0 aromatic heterocycles. The Kier molecular flexibility index (Phi) is 3.95. The Labute approximate surface area is 106 Å². The summed E-state index contributed by atoms with van der Waals surface area (Å²) in [6, 6.07) is 12.3. The van der Waals surface area contributed by atoms with E-state index in [1.54, 1.807) is 6.07 Å². The smallest absolute Gasteiger partial charge is 0.133 e. The molecule has 0 amide bonds. The van der Waals surface area contributed by atoms with Crippen LogP contribution in [0.5, 0.6) is 11.5 Å². The Morgan fingerprint density at radius 2 is 1.83 bits per heavy atom. The molecule has 0 saturated heterocycles. The zero-order chi connectivity index (χ0) is 13.0. The number of halogens is 1. The van der Waals surface area contributed by atoms with E-state index >= 15 is 0 Å². The van der Waals surface area contributed by atoms with Crippen LogP contribution in [0.3, 0.4) is 0 Å². The Morgan fingerprint density at radius 1 is 1.11 bits per heavy atom. The SMILES string of the molecule is CNCc1ccc(Oc2cc(F)ccc2C)cc1. The van der Waals surface area contributed by atoms with Gasteiger partial charge in [0, 0.05) is 12.6 Å². The first kappa shape index (κ1) is 12.6. The molecule has 3 heteroatoms. The van der Waals surface area contributed by atoms with Crippen LogP contribution in [-0.4, -0.2) is 7.05 Å². The fourth-order valence-electron chi connectivity index (χ4n) is 1.69. The molecular weight excluding hydrogens is 229 g/mol. The van der Waals surface area contributed by atoms with Crippen LogP contribution in [-0.2, 0) is 6.54 Å². The van der Waals surface area contributed by atoms with E-state index in [0.717, 1.165) is 12.1 Å². The average molecular weight is 245 g/mol. The molecule has 94 valence electrons. The van der Waals surface area contributed by atoms with E-state index in [-0.39, 0.29) is 5.82 Å². The van der Waals surface area contributed by atoms with Crippen molar-refractivity contribution >= 4 is 0 Å². The molecule has 0 heterocycles. The lowest BCUT2D eigenvalue weighted by Crippen LogP contribution is -2.04. The summed E-state index contributed by atoms with van der Waals surface area (Å²) in [4.78, 5) is 0. The van der Waals surface area contributed by atoms with Gasteiger partial charge in [0.15, 0.2) is 0 Å². The van der Waals surface area contributed by atoms with Crippen LogP contribution in [0, 0.1) is 12.7 Å². The van der Waals surface area contributed by atoms with Gasteiger partial charge in [-0.1, -0.05) is 18.2 Å². The Balaban J connectivity index is 2.15. The molecule has 2 aromatic carbocycles. The van der Waals surface area contributed by atoms with Gasteiger partial charge in [0.2, 0.25) is 0 Å². The van der Waals surface area contributed by atoms with Crippen molar-refractivity contribution in [3.8, 4) is 11.5 Å². The van der Waals surface area contributed by atoms with Gasteiger partial charge in [0.05, 0.1) is 0 Å². The summed E-state index contributed by atoms with van der Waals surface area (Å²) in [5, 5.41) is 3.08. The van der Waals surface area contributed by atoms with E-state index in [2.05, 4.69) is 5.32 Å². The zero-order valence-corrected chi connectivity index (χ0v) is 10.5. The van der Waals surface area contributed by atoms with E-state index in [1.165, 1.54) is 17.7 Å². The maximum atomic E-state index is 13.1. The molecule has 0 saturated carbocycles. The molecule has 2 aromatic rings. The van der Waals surface area contributed by atoms with Gasteiger partial charge in [-0.2, -0.15) is 0 Å². The average Bonchev–Trinajstić information content (AvgIpc) is 2.37. The number of nitrogens with one attached hydrogen (secondary N) is 1. The largest absolute Gasteiger partial charge is 0.457 e. The highest BCUT2D eigenvalue weighted by atomic mass is 19.1. The summed E-state index contributed by atoms with van der Waals surface area (Å²) >= 11 is 0. The second kappa shape index (κ2) is 5.65. The Hall–Kier alpha value is -1.87. The maximum absolute atomic E-state index is 13.1. The molecule has 0 unspecified atom stereocenters. The van der Waals surface area contributed by atoms with Gasteiger partial charge in [0.1, 0.15) is 17.3 Å². The van der Waals surface area contributed by atoms with E-state index in [9.17, 15) is 4.39 Å².